The zero-order valence-electron chi connectivity index (χ0n) is 17.5. The lowest BCUT2D eigenvalue weighted by atomic mass is 10.1. The summed E-state index contributed by atoms with van der Waals surface area (Å²) >= 11 is 0. The smallest absolute Gasteiger partial charge is 0.236 e. The van der Waals surface area contributed by atoms with E-state index in [1.54, 1.807) is 0 Å². The lowest BCUT2D eigenvalue weighted by Gasteiger charge is -2.35. The number of carbonyl (C=O) groups is 2. The number of benzene rings is 1. The van der Waals surface area contributed by atoms with Crippen molar-refractivity contribution in [1.29, 1.82) is 0 Å². The highest BCUT2D eigenvalue weighted by atomic mass is 16.7. The zero-order valence-corrected chi connectivity index (χ0v) is 17.5. The van der Waals surface area contributed by atoms with Crippen LogP contribution in [-0.4, -0.2) is 98.9 Å². The van der Waals surface area contributed by atoms with E-state index in [-0.39, 0.29) is 24.6 Å². The van der Waals surface area contributed by atoms with Gasteiger partial charge in [-0.3, -0.25) is 19.4 Å². The molecule has 9 nitrogen and oxygen atoms in total. The highest BCUT2D eigenvalue weighted by Crippen LogP contribution is 2.34. The molecule has 2 fully saturated rings. The van der Waals surface area contributed by atoms with E-state index in [1.807, 2.05) is 30.0 Å². The van der Waals surface area contributed by atoms with Gasteiger partial charge in [0.25, 0.3) is 0 Å². The second-order valence-electron chi connectivity index (χ2n) is 7.95. The third kappa shape index (κ3) is 5.21. The molecular weight excluding hydrogens is 388 g/mol. The predicted molar refractivity (Wildman–Crippen MR) is 109 cm³/mol. The van der Waals surface area contributed by atoms with Crippen molar-refractivity contribution in [2.24, 2.45) is 0 Å². The van der Waals surface area contributed by atoms with Crippen molar-refractivity contribution < 1.29 is 23.8 Å². The molecule has 3 heterocycles. The number of amides is 2. The van der Waals surface area contributed by atoms with Crippen LogP contribution in [0.3, 0.4) is 0 Å². The Kier molecular flexibility index (Phi) is 6.71. The van der Waals surface area contributed by atoms with E-state index in [4.69, 9.17) is 14.2 Å². The molecule has 0 aliphatic carbocycles. The van der Waals surface area contributed by atoms with Crippen molar-refractivity contribution in [2.45, 2.75) is 13.0 Å². The predicted octanol–water partition coefficient (Wildman–Crippen LogP) is 0.0689. The Morgan fingerprint density at radius 3 is 2.37 bits per heavy atom. The van der Waals surface area contributed by atoms with Crippen LogP contribution in [0.25, 0.3) is 0 Å². The molecule has 2 amide bonds. The van der Waals surface area contributed by atoms with E-state index in [0.717, 1.165) is 43.2 Å². The van der Waals surface area contributed by atoms with Crippen molar-refractivity contribution in [2.75, 3.05) is 72.4 Å². The average molecular weight is 418 g/mol. The molecule has 0 spiro atoms. The maximum absolute atomic E-state index is 12.5. The summed E-state index contributed by atoms with van der Waals surface area (Å²) in [7, 11) is 0. The SMILES string of the molecule is CC(NC(=O)CN1CCN(CC(=O)N2CCOCC2)CC1)c1ccc2c(c1)OCO2. The van der Waals surface area contributed by atoms with Gasteiger partial charge in [-0.1, -0.05) is 6.07 Å². The summed E-state index contributed by atoms with van der Waals surface area (Å²) in [4.78, 5) is 31.1. The van der Waals surface area contributed by atoms with E-state index in [2.05, 4.69) is 15.1 Å². The Bertz CT molecular complexity index is 760. The van der Waals surface area contributed by atoms with Crippen LogP contribution in [0, 0.1) is 0 Å². The fourth-order valence-electron chi connectivity index (χ4n) is 3.97. The lowest BCUT2D eigenvalue weighted by Crippen LogP contribution is -2.53. The number of nitrogens with one attached hydrogen (secondary N) is 1. The molecule has 3 aliphatic heterocycles. The summed E-state index contributed by atoms with van der Waals surface area (Å²) in [5, 5.41) is 3.06. The molecule has 9 heteroatoms. The molecule has 4 rings (SSSR count). The summed E-state index contributed by atoms with van der Waals surface area (Å²) in [5.41, 5.74) is 0.985. The van der Waals surface area contributed by atoms with E-state index in [9.17, 15) is 9.59 Å². The van der Waals surface area contributed by atoms with Crippen LogP contribution >= 0.6 is 0 Å². The van der Waals surface area contributed by atoms with E-state index >= 15 is 0 Å². The van der Waals surface area contributed by atoms with Gasteiger partial charge in [-0.15, -0.1) is 0 Å². The van der Waals surface area contributed by atoms with Gasteiger partial charge in [0, 0.05) is 39.3 Å². The molecule has 164 valence electrons. The van der Waals surface area contributed by atoms with Gasteiger partial charge >= 0.3 is 0 Å². The second-order valence-corrected chi connectivity index (χ2v) is 7.95. The first kappa shape index (κ1) is 20.9. The van der Waals surface area contributed by atoms with Gasteiger partial charge in [0.1, 0.15) is 0 Å². The standard InChI is InChI=1S/C21H30N4O5/c1-16(17-2-3-18-19(12-17)30-15-29-18)22-20(26)13-23-4-6-24(7-5-23)14-21(27)25-8-10-28-11-9-25/h2-3,12,16H,4-11,13-15H2,1H3,(H,22,26). The van der Waals surface area contributed by atoms with Crippen LogP contribution in [0.2, 0.25) is 0 Å². The molecule has 1 aromatic rings. The highest BCUT2D eigenvalue weighted by molar-refractivity contribution is 5.79. The molecule has 1 unspecified atom stereocenters. The van der Waals surface area contributed by atoms with E-state index < -0.39 is 0 Å². The minimum Gasteiger partial charge on any atom is -0.454 e. The lowest BCUT2D eigenvalue weighted by molar-refractivity contribution is -0.137. The molecule has 1 atom stereocenters. The Morgan fingerprint density at radius 1 is 0.967 bits per heavy atom. The number of hydrogen-bond donors (Lipinski definition) is 1. The Morgan fingerprint density at radius 2 is 1.63 bits per heavy atom. The van der Waals surface area contributed by atoms with E-state index in [0.29, 0.717) is 39.4 Å². The first-order valence-electron chi connectivity index (χ1n) is 10.6. The fraction of sp³-hybridized carbons (Fsp3) is 0.619. The molecule has 3 aliphatic rings. The maximum Gasteiger partial charge on any atom is 0.236 e. The number of nitrogens with zero attached hydrogens (tertiary/aromatic N) is 3. The Labute approximate surface area is 176 Å². The molecule has 0 bridgehead atoms. The minimum absolute atomic E-state index is 0.00184. The molecule has 2 saturated heterocycles. The largest absolute Gasteiger partial charge is 0.454 e. The third-order valence-electron chi connectivity index (χ3n) is 5.83. The number of morpholine rings is 1. The van der Waals surface area contributed by atoms with Crippen LogP contribution in [-0.2, 0) is 14.3 Å². The number of piperazine rings is 1. The first-order chi connectivity index (χ1) is 14.6. The molecular formula is C21H30N4O5. The summed E-state index contributed by atoms with van der Waals surface area (Å²) < 4.78 is 16.0. The van der Waals surface area contributed by atoms with E-state index in [1.165, 1.54) is 0 Å². The third-order valence-corrected chi connectivity index (χ3v) is 5.83. The zero-order chi connectivity index (χ0) is 20.9. The molecule has 1 N–H and O–H groups in total. The maximum atomic E-state index is 12.5. The summed E-state index contributed by atoms with van der Waals surface area (Å²) in [6.07, 6.45) is 0. The van der Waals surface area contributed by atoms with Crippen LogP contribution in [0.5, 0.6) is 11.5 Å². The average Bonchev–Trinajstić information content (AvgIpc) is 3.23. The monoisotopic (exact) mass is 418 g/mol. The summed E-state index contributed by atoms with van der Waals surface area (Å²) in [6.45, 7) is 8.77. The molecule has 0 saturated carbocycles. The van der Waals surface area contributed by atoms with Gasteiger partial charge in [-0.2, -0.15) is 0 Å². The molecule has 0 aromatic heterocycles. The van der Waals surface area contributed by atoms with Crippen LogP contribution < -0.4 is 14.8 Å². The highest BCUT2D eigenvalue weighted by Gasteiger charge is 2.24. The molecule has 30 heavy (non-hydrogen) atoms. The van der Waals surface area contributed by atoms with Gasteiger partial charge in [0.15, 0.2) is 11.5 Å². The number of rotatable bonds is 6. The fourth-order valence-corrected chi connectivity index (χ4v) is 3.97. The van der Waals surface area contributed by atoms with Gasteiger partial charge in [-0.25, -0.2) is 0 Å². The number of fused-ring (bicyclic) bond motifs is 1. The van der Waals surface area contributed by atoms with Crippen molar-refractivity contribution >= 4 is 11.8 Å². The molecule has 0 radical (unpaired) electrons. The van der Waals surface area contributed by atoms with Gasteiger partial charge in [-0.05, 0) is 24.6 Å². The van der Waals surface area contributed by atoms with Gasteiger partial charge in [0.05, 0.1) is 32.3 Å². The van der Waals surface area contributed by atoms with Crippen LogP contribution in [0.4, 0.5) is 0 Å². The number of carbonyl (C=O) groups excluding carboxylic acids is 2. The van der Waals surface area contributed by atoms with Crippen LogP contribution in [0.15, 0.2) is 18.2 Å². The van der Waals surface area contributed by atoms with Crippen molar-refractivity contribution in [3.63, 3.8) is 0 Å². The minimum atomic E-state index is -0.112. The number of hydrogen-bond acceptors (Lipinski definition) is 7. The first-order valence-corrected chi connectivity index (χ1v) is 10.6. The summed E-state index contributed by atoms with van der Waals surface area (Å²) in [6, 6.07) is 5.62. The Hall–Kier alpha value is -2.36. The second kappa shape index (κ2) is 9.63. The number of ether oxygens (including phenoxy) is 3. The van der Waals surface area contributed by atoms with Gasteiger partial charge in [0.2, 0.25) is 18.6 Å². The topological polar surface area (TPSA) is 83.6 Å². The van der Waals surface area contributed by atoms with Crippen molar-refractivity contribution in [1.82, 2.24) is 20.0 Å². The van der Waals surface area contributed by atoms with Crippen LogP contribution in [0.1, 0.15) is 18.5 Å². The Balaban J connectivity index is 1.18. The summed E-state index contributed by atoms with van der Waals surface area (Å²) in [5.74, 6) is 1.62. The quantitative estimate of drug-likeness (QED) is 0.700. The molecule has 1 aromatic carbocycles. The normalized spacial score (nSPS) is 20.8. The van der Waals surface area contributed by atoms with Gasteiger partial charge < -0.3 is 24.4 Å². The van der Waals surface area contributed by atoms with Crippen molar-refractivity contribution in [3.8, 4) is 11.5 Å². The van der Waals surface area contributed by atoms with Crippen molar-refractivity contribution in [3.05, 3.63) is 23.8 Å².